The third-order valence-electron chi connectivity index (χ3n) is 3.10. The number of aromatic nitrogens is 1. The lowest BCUT2D eigenvalue weighted by atomic mass is 10.2. The Hall–Kier alpha value is -2.43. The van der Waals surface area contributed by atoms with Gasteiger partial charge in [-0.05, 0) is 31.2 Å². The Morgan fingerprint density at radius 1 is 1.32 bits per heavy atom. The lowest BCUT2D eigenvalue weighted by Crippen LogP contribution is -2.16. The van der Waals surface area contributed by atoms with Crippen LogP contribution >= 0.6 is 0 Å². The summed E-state index contributed by atoms with van der Waals surface area (Å²) in [5.74, 6) is 0.378. The lowest BCUT2D eigenvalue weighted by Gasteiger charge is -2.10. The van der Waals surface area contributed by atoms with Crippen molar-refractivity contribution < 1.29 is 9.53 Å². The Morgan fingerprint density at radius 2 is 2.05 bits per heavy atom. The number of aryl methyl sites for hydroxylation is 1. The fourth-order valence-electron chi connectivity index (χ4n) is 1.83. The van der Waals surface area contributed by atoms with Gasteiger partial charge in [0.15, 0.2) is 0 Å². The standard InChI is InChI=1S/C14H17N3O2/c1-9-4-7-12(17(9)2)14(18)16-10-5-6-11(15)13(8-10)19-3/h4-8H,15H2,1-3H3,(H,16,18). The molecular formula is C14H17N3O2. The zero-order chi connectivity index (χ0) is 14.0. The lowest BCUT2D eigenvalue weighted by molar-refractivity contribution is 0.101. The number of nitrogens with two attached hydrogens (primary N) is 1. The van der Waals surface area contributed by atoms with Crippen LogP contribution in [0.4, 0.5) is 11.4 Å². The first-order valence-electron chi connectivity index (χ1n) is 5.90. The minimum absolute atomic E-state index is 0.164. The van der Waals surface area contributed by atoms with Crippen LogP contribution in [-0.4, -0.2) is 17.6 Å². The van der Waals surface area contributed by atoms with Gasteiger partial charge in [0.05, 0.1) is 12.8 Å². The maximum atomic E-state index is 12.1. The number of benzene rings is 1. The largest absolute Gasteiger partial charge is 0.495 e. The van der Waals surface area contributed by atoms with Crippen molar-refractivity contribution in [1.82, 2.24) is 4.57 Å². The normalized spacial score (nSPS) is 10.3. The van der Waals surface area contributed by atoms with Crippen LogP contribution in [0.1, 0.15) is 16.2 Å². The summed E-state index contributed by atoms with van der Waals surface area (Å²) < 4.78 is 6.96. The molecular weight excluding hydrogens is 242 g/mol. The first-order valence-corrected chi connectivity index (χ1v) is 5.90. The van der Waals surface area contributed by atoms with Crippen LogP contribution in [0.15, 0.2) is 30.3 Å². The summed E-state index contributed by atoms with van der Waals surface area (Å²) in [5, 5.41) is 2.82. The van der Waals surface area contributed by atoms with Gasteiger partial charge in [0, 0.05) is 24.5 Å². The molecule has 0 atom stereocenters. The van der Waals surface area contributed by atoms with Crippen molar-refractivity contribution in [3.05, 3.63) is 41.7 Å². The van der Waals surface area contributed by atoms with Gasteiger partial charge < -0.3 is 20.4 Å². The third kappa shape index (κ3) is 2.54. The quantitative estimate of drug-likeness (QED) is 0.830. The molecule has 0 aliphatic heterocycles. The summed E-state index contributed by atoms with van der Waals surface area (Å²) in [4.78, 5) is 12.1. The Labute approximate surface area is 112 Å². The highest BCUT2D eigenvalue weighted by molar-refractivity contribution is 6.03. The number of nitrogens with one attached hydrogen (secondary N) is 1. The fraction of sp³-hybridized carbons (Fsp3) is 0.214. The van der Waals surface area contributed by atoms with E-state index in [1.807, 2.05) is 24.6 Å². The molecule has 0 aliphatic carbocycles. The molecule has 0 saturated heterocycles. The molecule has 0 spiro atoms. The number of hydrogen-bond donors (Lipinski definition) is 2. The predicted octanol–water partition coefficient (Wildman–Crippen LogP) is 2.18. The summed E-state index contributed by atoms with van der Waals surface area (Å²) in [5.41, 5.74) is 8.55. The van der Waals surface area contributed by atoms with E-state index >= 15 is 0 Å². The summed E-state index contributed by atoms with van der Waals surface area (Å²) in [6.07, 6.45) is 0. The van der Waals surface area contributed by atoms with Gasteiger partial charge in [-0.1, -0.05) is 0 Å². The molecule has 19 heavy (non-hydrogen) atoms. The smallest absolute Gasteiger partial charge is 0.272 e. The summed E-state index contributed by atoms with van der Waals surface area (Å²) in [6.45, 7) is 1.95. The zero-order valence-corrected chi connectivity index (χ0v) is 11.2. The molecule has 0 fully saturated rings. The summed E-state index contributed by atoms with van der Waals surface area (Å²) >= 11 is 0. The van der Waals surface area contributed by atoms with E-state index in [-0.39, 0.29) is 5.91 Å². The molecule has 1 aromatic carbocycles. The molecule has 2 aromatic rings. The van der Waals surface area contributed by atoms with E-state index in [1.54, 1.807) is 24.3 Å². The van der Waals surface area contributed by atoms with Gasteiger partial charge in [-0.3, -0.25) is 4.79 Å². The predicted molar refractivity (Wildman–Crippen MR) is 75.5 cm³/mol. The minimum Gasteiger partial charge on any atom is -0.495 e. The van der Waals surface area contributed by atoms with E-state index < -0.39 is 0 Å². The molecule has 0 unspecified atom stereocenters. The monoisotopic (exact) mass is 259 g/mol. The molecule has 1 heterocycles. The Kier molecular flexibility index (Phi) is 3.46. The molecule has 2 rings (SSSR count). The molecule has 5 heteroatoms. The highest BCUT2D eigenvalue weighted by Gasteiger charge is 2.11. The molecule has 3 N–H and O–H groups in total. The van der Waals surface area contributed by atoms with Crippen molar-refractivity contribution in [1.29, 1.82) is 0 Å². The molecule has 5 nitrogen and oxygen atoms in total. The van der Waals surface area contributed by atoms with Crippen LogP contribution in [0.3, 0.4) is 0 Å². The topological polar surface area (TPSA) is 69.3 Å². The number of rotatable bonds is 3. The maximum absolute atomic E-state index is 12.1. The van der Waals surface area contributed by atoms with E-state index in [0.717, 1.165) is 5.69 Å². The zero-order valence-electron chi connectivity index (χ0n) is 11.2. The first kappa shape index (κ1) is 13.0. The number of anilines is 2. The van der Waals surface area contributed by atoms with Crippen molar-refractivity contribution in [2.24, 2.45) is 7.05 Å². The number of methoxy groups -OCH3 is 1. The average Bonchev–Trinajstić information content (AvgIpc) is 2.72. The van der Waals surface area contributed by atoms with Crippen LogP contribution in [0.25, 0.3) is 0 Å². The molecule has 0 aliphatic rings. The molecule has 0 saturated carbocycles. The summed E-state index contributed by atoms with van der Waals surface area (Å²) in [6, 6.07) is 8.83. The molecule has 100 valence electrons. The summed E-state index contributed by atoms with van der Waals surface area (Å²) in [7, 11) is 3.39. The second kappa shape index (κ2) is 5.06. The Balaban J connectivity index is 2.22. The Bertz CT molecular complexity index is 617. The molecule has 1 amide bonds. The van der Waals surface area contributed by atoms with E-state index in [2.05, 4.69) is 5.32 Å². The van der Waals surface area contributed by atoms with Gasteiger partial charge in [-0.2, -0.15) is 0 Å². The van der Waals surface area contributed by atoms with Gasteiger partial charge in [0.2, 0.25) is 0 Å². The van der Waals surface area contributed by atoms with Crippen LogP contribution in [-0.2, 0) is 7.05 Å². The first-order chi connectivity index (χ1) is 9.02. The number of amides is 1. The van der Waals surface area contributed by atoms with Crippen molar-refractivity contribution >= 4 is 17.3 Å². The van der Waals surface area contributed by atoms with Gasteiger partial charge >= 0.3 is 0 Å². The van der Waals surface area contributed by atoms with Crippen molar-refractivity contribution in [3.8, 4) is 5.75 Å². The minimum atomic E-state index is -0.164. The van der Waals surface area contributed by atoms with Gasteiger partial charge in [-0.25, -0.2) is 0 Å². The van der Waals surface area contributed by atoms with E-state index in [0.29, 0.717) is 22.8 Å². The molecule has 0 radical (unpaired) electrons. The second-order valence-electron chi connectivity index (χ2n) is 4.33. The second-order valence-corrected chi connectivity index (χ2v) is 4.33. The molecule has 1 aromatic heterocycles. The third-order valence-corrected chi connectivity index (χ3v) is 3.10. The number of carbonyl (C=O) groups is 1. The highest BCUT2D eigenvalue weighted by atomic mass is 16.5. The van der Waals surface area contributed by atoms with Gasteiger partial charge in [0.1, 0.15) is 11.4 Å². The van der Waals surface area contributed by atoms with Gasteiger partial charge in [0.25, 0.3) is 5.91 Å². The number of hydrogen-bond acceptors (Lipinski definition) is 3. The van der Waals surface area contributed by atoms with Crippen molar-refractivity contribution in [2.75, 3.05) is 18.2 Å². The van der Waals surface area contributed by atoms with E-state index in [1.165, 1.54) is 7.11 Å². The SMILES string of the molecule is COc1cc(NC(=O)c2ccc(C)n2C)ccc1N. The van der Waals surface area contributed by atoms with Gasteiger partial charge in [-0.15, -0.1) is 0 Å². The molecule has 0 bridgehead atoms. The van der Waals surface area contributed by atoms with Crippen LogP contribution in [0.5, 0.6) is 5.75 Å². The number of nitrogen functional groups attached to an aromatic ring is 1. The Morgan fingerprint density at radius 3 is 2.63 bits per heavy atom. The van der Waals surface area contributed by atoms with Crippen LogP contribution in [0.2, 0.25) is 0 Å². The van der Waals surface area contributed by atoms with E-state index in [4.69, 9.17) is 10.5 Å². The number of carbonyl (C=O) groups excluding carboxylic acids is 1. The van der Waals surface area contributed by atoms with Crippen LogP contribution in [0, 0.1) is 6.92 Å². The van der Waals surface area contributed by atoms with Crippen molar-refractivity contribution in [2.45, 2.75) is 6.92 Å². The fourth-order valence-corrected chi connectivity index (χ4v) is 1.83. The van der Waals surface area contributed by atoms with Crippen molar-refractivity contribution in [3.63, 3.8) is 0 Å². The van der Waals surface area contributed by atoms with E-state index in [9.17, 15) is 4.79 Å². The highest BCUT2D eigenvalue weighted by Crippen LogP contribution is 2.25. The van der Waals surface area contributed by atoms with Crippen LogP contribution < -0.4 is 15.8 Å². The number of nitrogens with zero attached hydrogens (tertiary/aromatic N) is 1. The number of ether oxygens (including phenoxy) is 1. The maximum Gasteiger partial charge on any atom is 0.272 e. The average molecular weight is 259 g/mol.